The van der Waals surface area contributed by atoms with Gasteiger partial charge >= 0.3 is 0 Å². The van der Waals surface area contributed by atoms with E-state index in [4.69, 9.17) is 4.74 Å². The maximum Gasteiger partial charge on any atom is 0.250 e. The molecule has 0 saturated heterocycles. The third-order valence-corrected chi connectivity index (χ3v) is 5.86. The predicted octanol–water partition coefficient (Wildman–Crippen LogP) is 2.86. The summed E-state index contributed by atoms with van der Waals surface area (Å²) < 4.78 is 45.5. The van der Waals surface area contributed by atoms with Gasteiger partial charge < -0.3 is 4.74 Å². The molecule has 114 valence electrons. The second-order valence-corrected chi connectivity index (χ2v) is 7.78. The number of hydrogen-bond donors (Lipinski definition) is 1. The molecule has 0 saturated carbocycles. The number of hydrogen-bond acceptors (Lipinski definition) is 4. The molecule has 2 rings (SSSR count). The summed E-state index contributed by atoms with van der Waals surface area (Å²) in [5.41, 5.74) is 0.586. The highest BCUT2D eigenvalue weighted by Gasteiger charge is 2.19. The van der Waals surface area contributed by atoms with Crippen molar-refractivity contribution in [1.82, 2.24) is 4.72 Å². The average molecular weight is 329 g/mol. The Morgan fingerprint density at radius 3 is 2.67 bits per heavy atom. The standard InChI is InChI=1S/C14H16FNO3S2/c1-10-6-7-14(20-10)21(17,18)16-9-13(19-2)11-4-3-5-12(15)8-11/h3-8,13,16H,9H2,1-2H3. The Hall–Kier alpha value is -1.28. The van der Waals surface area contributed by atoms with Crippen molar-refractivity contribution < 1.29 is 17.5 Å². The van der Waals surface area contributed by atoms with Crippen LogP contribution in [0, 0.1) is 12.7 Å². The van der Waals surface area contributed by atoms with Crippen molar-refractivity contribution in [3.8, 4) is 0 Å². The van der Waals surface area contributed by atoms with Gasteiger partial charge in [0.15, 0.2) is 0 Å². The van der Waals surface area contributed by atoms with Gasteiger partial charge in [0, 0.05) is 18.5 Å². The van der Waals surface area contributed by atoms with Crippen LogP contribution in [0.15, 0.2) is 40.6 Å². The third kappa shape index (κ3) is 4.10. The molecule has 0 bridgehead atoms. The number of ether oxygens (including phenoxy) is 1. The van der Waals surface area contributed by atoms with E-state index < -0.39 is 16.1 Å². The van der Waals surface area contributed by atoms with Crippen molar-refractivity contribution in [2.45, 2.75) is 17.2 Å². The lowest BCUT2D eigenvalue weighted by molar-refractivity contribution is 0.107. The van der Waals surface area contributed by atoms with Gasteiger partial charge in [-0.25, -0.2) is 17.5 Å². The molecular weight excluding hydrogens is 313 g/mol. The maximum absolute atomic E-state index is 13.2. The lowest BCUT2D eigenvalue weighted by Gasteiger charge is -2.16. The minimum Gasteiger partial charge on any atom is -0.375 e. The van der Waals surface area contributed by atoms with Gasteiger partial charge in [-0.05, 0) is 36.8 Å². The van der Waals surface area contributed by atoms with Crippen molar-refractivity contribution in [3.05, 3.63) is 52.7 Å². The molecule has 1 heterocycles. The molecule has 1 N–H and O–H groups in total. The number of nitrogens with one attached hydrogen (secondary N) is 1. The van der Waals surface area contributed by atoms with Gasteiger partial charge in [-0.3, -0.25) is 0 Å². The normalized spacial score (nSPS) is 13.3. The Morgan fingerprint density at radius 1 is 1.33 bits per heavy atom. The van der Waals surface area contributed by atoms with Crippen LogP contribution in [-0.4, -0.2) is 22.1 Å². The van der Waals surface area contributed by atoms with Gasteiger partial charge in [0.25, 0.3) is 0 Å². The Morgan fingerprint density at radius 2 is 2.10 bits per heavy atom. The molecule has 1 atom stereocenters. The van der Waals surface area contributed by atoms with E-state index in [-0.39, 0.29) is 16.6 Å². The maximum atomic E-state index is 13.2. The third-order valence-electron chi connectivity index (χ3n) is 2.94. The zero-order valence-electron chi connectivity index (χ0n) is 11.7. The van der Waals surface area contributed by atoms with E-state index in [2.05, 4.69) is 4.72 Å². The summed E-state index contributed by atoms with van der Waals surface area (Å²) in [5, 5.41) is 0. The minimum absolute atomic E-state index is 0.0409. The molecule has 0 radical (unpaired) electrons. The van der Waals surface area contributed by atoms with Crippen LogP contribution in [0.2, 0.25) is 0 Å². The summed E-state index contributed by atoms with van der Waals surface area (Å²) >= 11 is 1.20. The molecule has 1 aromatic carbocycles. The Labute approximate surface area is 127 Å². The second kappa shape index (κ2) is 6.65. The summed E-state index contributed by atoms with van der Waals surface area (Å²) in [6.07, 6.45) is -0.545. The van der Waals surface area contributed by atoms with Crippen LogP contribution in [0.5, 0.6) is 0 Å². The van der Waals surface area contributed by atoms with Crippen molar-refractivity contribution in [3.63, 3.8) is 0 Å². The van der Waals surface area contributed by atoms with Crippen molar-refractivity contribution in [2.24, 2.45) is 0 Å². The van der Waals surface area contributed by atoms with Crippen LogP contribution in [0.1, 0.15) is 16.5 Å². The molecule has 0 aliphatic carbocycles. The Bertz CT molecular complexity index is 713. The highest BCUT2D eigenvalue weighted by Crippen LogP contribution is 2.22. The molecule has 7 heteroatoms. The van der Waals surface area contributed by atoms with Gasteiger partial charge in [0.05, 0.1) is 6.10 Å². The van der Waals surface area contributed by atoms with Gasteiger partial charge in [-0.1, -0.05) is 12.1 Å². The van der Waals surface area contributed by atoms with Crippen LogP contribution in [-0.2, 0) is 14.8 Å². The molecule has 4 nitrogen and oxygen atoms in total. The van der Waals surface area contributed by atoms with Crippen molar-refractivity contribution >= 4 is 21.4 Å². The van der Waals surface area contributed by atoms with E-state index in [1.165, 1.54) is 30.6 Å². The number of methoxy groups -OCH3 is 1. The summed E-state index contributed by atoms with van der Waals surface area (Å²) in [4.78, 5) is 0.920. The van der Waals surface area contributed by atoms with E-state index in [0.29, 0.717) is 5.56 Å². The molecule has 0 aliphatic rings. The fourth-order valence-electron chi connectivity index (χ4n) is 1.86. The predicted molar refractivity (Wildman–Crippen MR) is 80.4 cm³/mol. The topological polar surface area (TPSA) is 55.4 Å². The van der Waals surface area contributed by atoms with Crippen LogP contribution < -0.4 is 4.72 Å². The van der Waals surface area contributed by atoms with Crippen LogP contribution in [0.25, 0.3) is 0 Å². The molecule has 0 fully saturated rings. The number of benzene rings is 1. The number of halogens is 1. The lowest BCUT2D eigenvalue weighted by atomic mass is 10.1. The number of rotatable bonds is 6. The molecule has 21 heavy (non-hydrogen) atoms. The first kappa shape index (κ1) is 16.1. The zero-order valence-corrected chi connectivity index (χ0v) is 13.3. The van der Waals surface area contributed by atoms with E-state index >= 15 is 0 Å². The fraction of sp³-hybridized carbons (Fsp3) is 0.286. The molecular formula is C14H16FNO3S2. The van der Waals surface area contributed by atoms with Crippen LogP contribution in [0.4, 0.5) is 4.39 Å². The van der Waals surface area contributed by atoms with E-state index in [9.17, 15) is 12.8 Å². The van der Waals surface area contributed by atoms with Gasteiger partial charge in [-0.2, -0.15) is 0 Å². The number of aryl methyl sites for hydroxylation is 1. The van der Waals surface area contributed by atoms with Crippen LogP contribution in [0.3, 0.4) is 0 Å². The van der Waals surface area contributed by atoms with Gasteiger partial charge in [0.1, 0.15) is 10.0 Å². The summed E-state index contributed by atoms with van der Waals surface area (Å²) in [7, 11) is -2.11. The quantitative estimate of drug-likeness (QED) is 0.886. The van der Waals surface area contributed by atoms with E-state index in [1.54, 1.807) is 24.3 Å². The molecule has 1 unspecified atom stereocenters. The highest BCUT2D eigenvalue weighted by molar-refractivity contribution is 7.91. The first-order valence-electron chi connectivity index (χ1n) is 6.27. The van der Waals surface area contributed by atoms with Gasteiger partial charge in [0.2, 0.25) is 10.0 Å². The van der Waals surface area contributed by atoms with Gasteiger partial charge in [-0.15, -0.1) is 11.3 Å². The van der Waals surface area contributed by atoms with E-state index in [0.717, 1.165) is 4.88 Å². The summed E-state index contributed by atoms with van der Waals surface area (Å²) in [6, 6.07) is 9.23. The summed E-state index contributed by atoms with van der Waals surface area (Å²) in [5.74, 6) is -0.383. The smallest absolute Gasteiger partial charge is 0.250 e. The fourth-order valence-corrected chi connectivity index (χ4v) is 4.22. The van der Waals surface area contributed by atoms with Crippen molar-refractivity contribution in [1.29, 1.82) is 0 Å². The first-order valence-corrected chi connectivity index (χ1v) is 8.56. The van der Waals surface area contributed by atoms with E-state index in [1.807, 2.05) is 6.92 Å². The second-order valence-electron chi connectivity index (χ2n) is 4.50. The molecule has 1 aromatic heterocycles. The number of sulfonamides is 1. The van der Waals surface area contributed by atoms with Crippen LogP contribution >= 0.6 is 11.3 Å². The highest BCUT2D eigenvalue weighted by atomic mass is 32.2. The minimum atomic E-state index is -3.57. The Kier molecular flexibility index (Phi) is 5.10. The SMILES string of the molecule is COC(CNS(=O)(=O)c1ccc(C)s1)c1cccc(F)c1. The molecule has 0 amide bonds. The molecule has 0 spiro atoms. The molecule has 2 aromatic rings. The number of thiophene rings is 1. The lowest BCUT2D eigenvalue weighted by Crippen LogP contribution is -2.28. The van der Waals surface area contributed by atoms with Crippen molar-refractivity contribution in [2.75, 3.05) is 13.7 Å². The first-order chi connectivity index (χ1) is 9.92. The Balaban J connectivity index is 2.10. The summed E-state index contributed by atoms with van der Waals surface area (Å²) in [6.45, 7) is 1.88. The monoisotopic (exact) mass is 329 g/mol. The largest absolute Gasteiger partial charge is 0.375 e. The molecule has 0 aliphatic heterocycles. The average Bonchev–Trinajstić information content (AvgIpc) is 2.87. The zero-order chi connectivity index (χ0) is 15.5.